The molecular weight excluding hydrogens is 226 g/mol. The van der Waals surface area contributed by atoms with E-state index >= 15 is 0 Å². The molecule has 18 heavy (non-hydrogen) atoms. The highest BCUT2D eigenvalue weighted by Gasteiger charge is 2.25. The van der Waals surface area contributed by atoms with Gasteiger partial charge in [0.2, 0.25) is 5.69 Å². The Morgan fingerprint density at radius 2 is 2.22 bits per heavy atom. The molecule has 0 atom stereocenters. The first-order valence-electron chi connectivity index (χ1n) is 5.95. The van der Waals surface area contributed by atoms with E-state index in [0.29, 0.717) is 17.5 Å². The number of hydrogen-bond acceptors (Lipinski definition) is 2. The van der Waals surface area contributed by atoms with Crippen LogP contribution in [0.3, 0.4) is 0 Å². The second-order valence-corrected chi connectivity index (χ2v) is 4.42. The van der Waals surface area contributed by atoms with E-state index in [2.05, 4.69) is 9.94 Å². The maximum atomic E-state index is 7.38. The number of nitrogens with zero attached hydrogens (tertiary/aromatic N) is 3. The SMILES string of the molecule is [C-]#[N+]c1c(OC2CC2)cccc1-c1ccnn1C. The summed E-state index contributed by atoms with van der Waals surface area (Å²) in [5.74, 6) is 0.686. The van der Waals surface area contributed by atoms with Crippen LogP contribution in [0, 0.1) is 6.57 Å². The number of ether oxygens (including phenoxy) is 1. The number of aryl methyl sites for hydroxylation is 1. The summed E-state index contributed by atoms with van der Waals surface area (Å²) < 4.78 is 7.55. The molecule has 1 aromatic carbocycles. The third kappa shape index (κ3) is 1.84. The van der Waals surface area contributed by atoms with Crippen LogP contribution in [-0.2, 0) is 7.05 Å². The van der Waals surface area contributed by atoms with Gasteiger partial charge >= 0.3 is 0 Å². The molecule has 3 rings (SSSR count). The highest BCUT2D eigenvalue weighted by molar-refractivity contribution is 5.81. The summed E-state index contributed by atoms with van der Waals surface area (Å²) in [6.07, 6.45) is 4.21. The smallest absolute Gasteiger partial charge is 0.237 e. The molecule has 0 aliphatic heterocycles. The number of para-hydroxylation sites is 1. The molecule has 0 N–H and O–H groups in total. The maximum Gasteiger partial charge on any atom is 0.237 e. The molecule has 0 saturated heterocycles. The third-order valence-corrected chi connectivity index (χ3v) is 3.03. The van der Waals surface area contributed by atoms with Crippen molar-refractivity contribution in [3.63, 3.8) is 0 Å². The van der Waals surface area contributed by atoms with E-state index in [4.69, 9.17) is 11.3 Å². The van der Waals surface area contributed by atoms with Gasteiger partial charge in [0.15, 0.2) is 0 Å². The van der Waals surface area contributed by atoms with Crippen molar-refractivity contribution >= 4 is 5.69 Å². The number of aromatic nitrogens is 2. The average molecular weight is 239 g/mol. The molecule has 0 unspecified atom stereocenters. The minimum atomic E-state index is 0.298. The van der Waals surface area contributed by atoms with Crippen LogP contribution in [0.25, 0.3) is 16.1 Å². The van der Waals surface area contributed by atoms with E-state index < -0.39 is 0 Å². The zero-order chi connectivity index (χ0) is 12.5. The monoisotopic (exact) mass is 239 g/mol. The molecule has 1 fully saturated rings. The lowest BCUT2D eigenvalue weighted by Gasteiger charge is -2.10. The minimum absolute atomic E-state index is 0.298. The first-order chi connectivity index (χ1) is 8.79. The molecule has 4 heteroatoms. The largest absolute Gasteiger partial charge is 0.501 e. The van der Waals surface area contributed by atoms with Crippen molar-refractivity contribution in [1.82, 2.24) is 9.78 Å². The lowest BCUT2D eigenvalue weighted by molar-refractivity contribution is 0.305. The van der Waals surface area contributed by atoms with Crippen LogP contribution in [0.15, 0.2) is 30.5 Å². The zero-order valence-corrected chi connectivity index (χ0v) is 10.1. The average Bonchev–Trinajstić information content (AvgIpc) is 3.09. The molecule has 1 aliphatic carbocycles. The number of hydrogen-bond donors (Lipinski definition) is 0. The molecule has 0 bridgehead atoms. The quantitative estimate of drug-likeness (QED) is 0.770. The van der Waals surface area contributed by atoms with Crippen LogP contribution in [0.4, 0.5) is 5.69 Å². The highest BCUT2D eigenvalue weighted by Crippen LogP contribution is 2.40. The van der Waals surface area contributed by atoms with Gasteiger partial charge in [-0.2, -0.15) is 5.10 Å². The normalized spacial score (nSPS) is 14.2. The first-order valence-corrected chi connectivity index (χ1v) is 5.95. The second-order valence-electron chi connectivity index (χ2n) is 4.42. The van der Waals surface area contributed by atoms with E-state index in [1.807, 2.05) is 31.3 Å². The summed E-state index contributed by atoms with van der Waals surface area (Å²) in [4.78, 5) is 3.63. The first kappa shape index (κ1) is 10.8. The van der Waals surface area contributed by atoms with Gasteiger partial charge in [-0.3, -0.25) is 4.68 Å². The van der Waals surface area contributed by atoms with Crippen LogP contribution in [0.2, 0.25) is 0 Å². The Labute approximate surface area is 106 Å². The fourth-order valence-electron chi connectivity index (χ4n) is 1.94. The Morgan fingerprint density at radius 3 is 2.83 bits per heavy atom. The number of rotatable bonds is 3. The third-order valence-electron chi connectivity index (χ3n) is 3.03. The maximum absolute atomic E-state index is 7.38. The number of benzene rings is 1. The fourth-order valence-corrected chi connectivity index (χ4v) is 1.94. The van der Waals surface area contributed by atoms with Gasteiger partial charge < -0.3 is 4.74 Å². The Hall–Kier alpha value is -2.28. The Morgan fingerprint density at radius 1 is 1.39 bits per heavy atom. The summed E-state index contributed by atoms with van der Waals surface area (Å²) in [6, 6.07) is 7.63. The van der Waals surface area contributed by atoms with Crippen molar-refractivity contribution in [1.29, 1.82) is 0 Å². The van der Waals surface area contributed by atoms with Crippen molar-refractivity contribution in [2.75, 3.05) is 0 Å². The van der Waals surface area contributed by atoms with E-state index in [1.165, 1.54) is 0 Å². The zero-order valence-electron chi connectivity index (χ0n) is 10.1. The van der Waals surface area contributed by atoms with Gasteiger partial charge in [0.05, 0.1) is 18.4 Å². The van der Waals surface area contributed by atoms with Crippen molar-refractivity contribution in [2.24, 2.45) is 7.05 Å². The topological polar surface area (TPSA) is 31.4 Å². The minimum Gasteiger partial charge on any atom is -0.501 e. The highest BCUT2D eigenvalue weighted by atomic mass is 16.5. The molecule has 2 aromatic rings. The molecule has 1 saturated carbocycles. The van der Waals surface area contributed by atoms with Crippen LogP contribution in [0.1, 0.15) is 12.8 Å². The molecule has 90 valence electrons. The summed E-state index contributed by atoms with van der Waals surface area (Å²) in [7, 11) is 1.87. The predicted molar refractivity (Wildman–Crippen MR) is 68.6 cm³/mol. The van der Waals surface area contributed by atoms with Crippen LogP contribution in [0.5, 0.6) is 5.75 Å². The molecule has 0 spiro atoms. The Bertz CT molecular complexity index is 620. The van der Waals surface area contributed by atoms with Crippen LogP contribution in [-0.4, -0.2) is 15.9 Å². The van der Waals surface area contributed by atoms with E-state index in [9.17, 15) is 0 Å². The van der Waals surface area contributed by atoms with Gasteiger partial charge in [0.25, 0.3) is 0 Å². The van der Waals surface area contributed by atoms with Crippen molar-refractivity contribution in [3.8, 4) is 17.0 Å². The van der Waals surface area contributed by atoms with Crippen LogP contribution >= 0.6 is 0 Å². The molecule has 1 aliphatic rings. The molecule has 1 heterocycles. The molecule has 0 radical (unpaired) electrons. The van der Waals surface area contributed by atoms with Gasteiger partial charge in [0, 0.05) is 18.8 Å². The molecule has 0 amide bonds. The van der Waals surface area contributed by atoms with Gasteiger partial charge in [-0.1, -0.05) is 12.1 Å². The van der Waals surface area contributed by atoms with Gasteiger partial charge in [-0.05, 0) is 25.0 Å². The summed E-state index contributed by atoms with van der Waals surface area (Å²) in [5, 5.41) is 4.14. The van der Waals surface area contributed by atoms with Crippen molar-refractivity contribution in [3.05, 3.63) is 41.9 Å². The van der Waals surface area contributed by atoms with Gasteiger partial charge in [-0.15, -0.1) is 0 Å². The summed E-state index contributed by atoms with van der Waals surface area (Å²) in [5.41, 5.74) is 2.39. The van der Waals surface area contributed by atoms with Gasteiger partial charge in [0.1, 0.15) is 5.75 Å². The Balaban J connectivity index is 2.09. The van der Waals surface area contributed by atoms with Crippen molar-refractivity contribution < 1.29 is 4.74 Å². The van der Waals surface area contributed by atoms with E-state index in [-0.39, 0.29) is 0 Å². The molecule has 1 aromatic heterocycles. The summed E-state index contributed by atoms with van der Waals surface area (Å²) >= 11 is 0. The standard InChI is InChI=1S/C14H13N3O/c1-15-14-11(12-8-9-16-17(12)2)4-3-5-13(14)18-10-6-7-10/h3-5,8-10H,6-7H2,2H3. The predicted octanol–water partition coefficient (Wildman–Crippen LogP) is 3.18. The molecule has 4 nitrogen and oxygen atoms in total. The van der Waals surface area contributed by atoms with Crippen LogP contribution < -0.4 is 4.74 Å². The fraction of sp³-hybridized carbons (Fsp3) is 0.286. The lowest BCUT2D eigenvalue weighted by atomic mass is 10.1. The van der Waals surface area contributed by atoms with E-state index in [0.717, 1.165) is 24.1 Å². The lowest BCUT2D eigenvalue weighted by Crippen LogP contribution is -1.98. The summed E-state index contributed by atoms with van der Waals surface area (Å²) in [6.45, 7) is 7.38. The second kappa shape index (κ2) is 4.19. The van der Waals surface area contributed by atoms with Crippen molar-refractivity contribution in [2.45, 2.75) is 18.9 Å². The Kier molecular flexibility index (Phi) is 2.52. The van der Waals surface area contributed by atoms with E-state index in [1.54, 1.807) is 10.9 Å². The van der Waals surface area contributed by atoms with Gasteiger partial charge in [-0.25, -0.2) is 4.85 Å². The molecular formula is C14H13N3O.